The Morgan fingerprint density at radius 2 is 2.03 bits per heavy atom. The van der Waals surface area contributed by atoms with E-state index in [1.165, 1.54) is 0 Å². The molecule has 29 heavy (non-hydrogen) atoms. The van der Waals surface area contributed by atoms with E-state index < -0.39 is 0 Å². The maximum Gasteiger partial charge on any atom is 0.260 e. The highest BCUT2D eigenvalue weighted by atomic mass is 32.1. The molecule has 1 aromatic rings. The van der Waals surface area contributed by atoms with Crippen LogP contribution in [0.2, 0.25) is 0 Å². The lowest BCUT2D eigenvalue weighted by molar-refractivity contribution is -0.137. The number of ether oxygens (including phenoxy) is 3. The van der Waals surface area contributed by atoms with Gasteiger partial charge in [-0.15, -0.1) is 0 Å². The number of nitrogens with one attached hydrogen (secondary N) is 2. The van der Waals surface area contributed by atoms with E-state index in [1.807, 2.05) is 31.2 Å². The van der Waals surface area contributed by atoms with E-state index in [1.54, 1.807) is 4.90 Å². The van der Waals surface area contributed by atoms with Crippen LogP contribution in [0.1, 0.15) is 25.3 Å². The molecular formula is C20H28N4O4S. The molecule has 2 fully saturated rings. The summed E-state index contributed by atoms with van der Waals surface area (Å²) in [6.45, 7) is 5.84. The van der Waals surface area contributed by atoms with Gasteiger partial charge in [-0.05, 0) is 61.8 Å². The number of rotatable bonds is 7. The van der Waals surface area contributed by atoms with Crippen LogP contribution in [-0.4, -0.2) is 73.8 Å². The van der Waals surface area contributed by atoms with Crippen molar-refractivity contribution in [3.05, 3.63) is 29.8 Å². The van der Waals surface area contributed by atoms with Crippen molar-refractivity contribution in [3.8, 4) is 5.75 Å². The molecule has 2 saturated heterocycles. The van der Waals surface area contributed by atoms with Gasteiger partial charge in [0.2, 0.25) is 0 Å². The molecule has 2 aliphatic heterocycles. The third-order valence-corrected chi connectivity index (χ3v) is 5.07. The van der Waals surface area contributed by atoms with Gasteiger partial charge in [-0.2, -0.15) is 5.10 Å². The quantitative estimate of drug-likeness (QED) is 0.391. The van der Waals surface area contributed by atoms with Gasteiger partial charge < -0.3 is 24.4 Å². The Labute approximate surface area is 176 Å². The molecule has 0 spiro atoms. The van der Waals surface area contributed by atoms with Crippen LogP contribution in [-0.2, 0) is 14.3 Å². The van der Waals surface area contributed by atoms with Crippen molar-refractivity contribution in [2.24, 2.45) is 5.10 Å². The van der Waals surface area contributed by atoms with Gasteiger partial charge in [0, 0.05) is 26.2 Å². The Morgan fingerprint density at radius 3 is 2.72 bits per heavy atom. The smallest absolute Gasteiger partial charge is 0.260 e. The van der Waals surface area contributed by atoms with E-state index in [2.05, 4.69) is 15.8 Å². The minimum Gasteiger partial charge on any atom is -0.484 e. The zero-order valence-electron chi connectivity index (χ0n) is 16.7. The van der Waals surface area contributed by atoms with Crippen LogP contribution in [0, 0.1) is 0 Å². The molecule has 1 amide bonds. The molecular weight excluding hydrogens is 392 g/mol. The number of hydrazone groups is 1. The van der Waals surface area contributed by atoms with E-state index in [4.69, 9.17) is 26.4 Å². The first-order valence-corrected chi connectivity index (χ1v) is 10.3. The predicted molar refractivity (Wildman–Crippen MR) is 114 cm³/mol. The minimum atomic E-state index is -0.0247. The van der Waals surface area contributed by atoms with Crippen LogP contribution in [0.25, 0.3) is 0 Å². The Bertz CT molecular complexity index is 714. The fourth-order valence-electron chi connectivity index (χ4n) is 3.09. The number of benzene rings is 1. The van der Waals surface area contributed by atoms with Crippen molar-refractivity contribution < 1.29 is 19.0 Å². The van der Waals surface area contributed by atoms with Crippen LogP contribution in [0.15, 0.2) is 29.4 Å². The summed E-state index contributed by atoms with van der Waals surface area (Å²) in [5, 5.41) is 7.91. The van der Waals surface area contributed by atoms with Gasteiger partial charge >= 0.3 is 0 Å². The topological polar surface area (TPSA) is 84.4 Å². The molecule has 0 saturated carbocycles. The van der Waals surface area contributed by atoms with Gasteiger partial charge in [-0.1, -0.05) is 0 Å². The molecule has 2 aliphatic rings. The van der Waals surface area contributed by atoms with E-state index in [9.17, 15) is 4.79 Å². The Kier molecular flexibility index (Phi) is 8.21. The largest absolute Gasteiger partial charge is 0.484 e. The first-order chi connectivity index (χ1) is 14.1. The monoisotopic (exact) mass is 420 g/mol. The van der Waals surface area contributed by atoms with Crippen molar-refractivity contribution in [2.45, 2.75) is 25.9 Å². The first-order valence-electron chi connectivity index (χ1n) is 9.90. The van der Waals surface area contributed by atoms with Gasteiger partial charge in [0.1, 0.15) is 5.75 Å². The van der Waals surface area contributed by atoms with Crippen LogP contribution >= 0.6 is 12.2 Å². The highest BCUT2D eigenvalue weighted by molar-refractivity contribution is 7.80. The fraction of sp³-hybridized carbons (Fsp3) is 0.550. The molecule has 1 atom stereocenters. The van der Waals surface area contributed by atoms with E-state index in [0.29, 0.717) is 43.7 Å². The number of carbonyl (C=O) groups excluding carboxylic acids is 1. The number of amides is 1. The molecule has 3 rings (SSSR count). The molecule has 0 aromatic heterocycles. The van der Waals surface area contributed by atoms with Gasteiger partial charge in [0.15, 0.2) is 11.7 Å². The molecule has 2 N–H and O–H groups in total. The molecule has 1 aromatic carbocycles. The van der Waals surface area contributed by atoms with Crippen molar-refractivity contribution in [3.63, 3.8) is 0 Å². The van der Waals surface area contributed by atoms with Crippen molar-refractivity contribution in [1.82, 2.24) is 15.6 Å². The number of hydrogen-bond donors (Lipinski definition) is 2. The van der Waals surface area contributed by atoms with Crippen molar-refractivity contribution in [1.29, 1.82) is 0 Å². The fourth-order valence-corrected chi connectivity index (χ4v) is 3.22. The zero-order valence-corrected chi connectivity index (χ0v) is 17.5. The van der Waals surface area contributed by atoms with Crippen LogP contribution in [0.4, 0.5) is 0 Å². The lowest BCUT2D eigenvalue weighted by atomic mass is 10.1. The third-order valence-electron chi connectivity index (χ3n) is 4.84. The zero-order chi connectivity index (χ0) is 20.5. The number of carbonyl (C=O) groups is 1. The molecule has 8 nitrogen and oxygen atoms in total. The Hall–Kier alpha value is -2.23. The second kappa shape index (κ2) is 11.1. The molecule has 0 radical (unpaired) electrons. The summed E-state index contributed by atoms with van der Waals surface area (Å²) in [5.41, 5.74) is 4.59. The maximum atomic E-state index is 12.1. The van der Waals surface area contributed by atoms with Crippen molar-refractivity contribution >= 4 is 28.9 Å². The third kappa shape index (κ3) is 6.95. The molecule has 2 heterocycles. The minimum absolute atomic E-state index is 0.0247. The number of hydrogen-bond acceptors (Lipinski definition) is 6. The second-order valence-electron chi connectivity index (χ2n) is 6.96. The lowest BCUT2D eigenvalue weighted by Gasteiger charge is -2.26. The highest BCUT2D eigenvalue weighted by Crippen LogP contribution is 2.13. The number of thiocarbonyl (C=S) groups is 1. The lowest BCUT2D eigenvalue weighted by Crippen LogP contribution is -2.42. The molecule has 158 valence electrons. The number of nitrogens with zero attached hydrogens (tertiary/aromatic N) is 2. The summed E-state index contributed by atoms with van der Waals surface area (Å²) >= 11 is 5.24. The summed E-state index contributed by atoms with van der Waals surface area (Å²) in [7, 11) is 0. The summed E-state index contributed by atoms with van der Waals surface area (Å²) < 4.78 is 16.4. The molecule has 0 unspecified atom stereocenters. The number of morpholine rings is 1. The van der Waals surface area contributed by atoms with Crippen LogP contribution in [0.3, 0.4) is 0 Å². The summed E-state index contributed by atoms with van der Waals surface area (Å²) in [6.07, 6.45) is 2.39. The molecule has 9 heteroatoms. The standard InChI is InChI=1S/C20H28N4O4S/c1-15(22-23-20(29)21-13-18-3-2-10-27-18)16-4-6-17(7-5-16)28-14-19(25)24-8-11-26-12-9-24/h4-7,18H,2-3,8-14H2,1H3,(H2,21,23,29)/b22-15-/t18-/m1/s1. The van der Waals surface area contributed by atoms with Gasteiger partial charge in [0.05, 0.1) is 25.0 Å². The molecule has 0 aliphatic carbocycles. The summed E-state index contributed by atoms with van der Waals surface area (Å²) in [5.74, 6) is 0.619. The highest BCUT2D eigenvalue weighted by Gasteiger charge is 2.17. The van der Waals surface area contributed by atoms with Gasteiger partial charge in [0.25, 0.3) is 5.91 Å². The normalized spacial score (nSPS) is 19.7. The Morgan fingerprint density at radius 1 is 1.28 bits per heavy atom. The van der Waals surface area contributed by atoms with Gasteiger partial charge in [-0.25, -0.2) is 0 Å². The average Bonchev–Trinajstić information content (AvgIpc) is 3.29. The van der Waals surface area contributed by atoms with Crippen LogP contribution in [0.5, 0.6) is 5.75 Å². The van der Waals surface area contributed by atoms with Crippen molar-refractivity contribution in [2.75, 3.05) is 46.1 Å². The SMILES string of the molecule is C/C(=N/NC(=S)NC[C@H]1CCCO1)c1ccc(OCC(=O)N2CCOCC2)cc1. The summed E-state index contributed by atoms with van der Waals surface area (Å²) in [6, 6.07) is 7.46. The van der Waals surface area contributed by atoms with Gasteiger partial charge in [-0.3, -0.25) is 10.2 Å². The average molecular weight is 421 g/mol. The Balaban J connectivity index is 1.41. The molecule has 0 bridgehead atoms. The van der Waals surface area contributed by atoms with E-state index >= 15 is 0 Å². The predicted octanol–water partition coefficient (Wildman–Crippen LogP) is 1.29. The summed E-state index contributed by atoms with van der Waals surface area (Å²) in [4.78, 5) is 13.9. The maximum absolute atomic E-state index is 12.1. The van der Waals surface area contributed by atoms with E-state index in [0.717, 1.165) is 30.7 Å². The van der Waals surface area contributed by atoms with E-state index in [-0.39, 0.29) is 18.6 Å². The van der Waals surface area contributed by atoms with Crippen LogP contribution < -0.4 is 15.5 Å². The second-order valence-corrected chi connectivity index (χ2v) is 7.37. The first kappa shape index (κ1) is 21.5.